The topological polar surface area (TPSA) is 75.9 Å². The lowest BCUT2D eigenvalue weighted by atomic mass is 9.95. The third-order valence-corrected chi connectivity index (χ3v) is 4.36. The fourth-order valence-corrected chi connectivity index (χ4v) is 2.96. The van der Waals surface area contributed by atoms with E-state index in [1.165, 1.54) is 18.4 Å². The van der Waals surface area contributed by atoms with Crippen molar-refractivity contribution in [3.05, 3.63) is 29.8 Å². The molecule has 1 aliphatic rings. The molecule has 1 aromatic heterocycles. The number of aromatic nitrogens is 4. The monoisotopic (exact) mass is 301 g/mol. The van der Waals surface area contributed by atoms with Crippen LogP contribution in [0.1, 0.15) is 44.1 Å². The normalized spacial score (nSPS) is 17.9. The number of tetrazole rings is 1. The van der Waals surface area contributed by atoms with Gasteiger partial charge in [-0.05, 0) is 42.3 Å². The largest absolute Gasteiger partial charge is 0.388 e. The summed E-state index contributed by atoms with van der Waals surface area (Å²) < 4.78 is 1.67. The maximum Gasteiger partial charge on any atom is 0.247 e. The van der Waals surface area contributed by atoms with Crippen LogP contribution in [0.5, 0.6) is 0 Å². The Morgan fingerprint density at radius 3 is 2.50 bits per heavy atom. The second kappa shape index (κ2) is 6.44. The van der Waals surface area contributed by atoms with Crippen LogP contribution in [0.15, 0.2) is 24.3 Å². The summed E-state index contributed by atoms with van der Waals surface area (Å²) in [6.45, 7) is 2.53. The first-order valence-corrected chi connectivity index (χ1v) is 7.98. The predicted octanol–water partition coefficient (Wildman–Crippen LogP) is 2.47. The van der Waals surface area contributed by atoms with Crippen molar-refractivity contribution in [1.82, 2.24) is 20.2 Å². The standard InChI is InChI=1S/C16H23N5O/c1-13-6-8-14(9-7-13)21-15(18-19-20-21)17-12-16(22)10-4-2-3-5-11-16/h6-9,22H,2-5,10-12H2,1H3,(H,17,18,20). The smallest absolute Gasteiger partial charge is 0.247 e. The highest BCUT2D eigenvalue weighted by Crippen LogP contribution is 2.27. The Balaban J connectivity index is 1.71. The number of nitrogens with one attached hydrogen (secondary N) is 1. The zero-order chi connectivity index (χ0) is 15.4. The Kier molecular flexibility index (Phi) is 4.38. The lowest BCUT2D eigenvalue weighted by Gasteiger charge is -2.26. The van der Waals surface area contributed by atoms with Gasteiger partial charge in [-0.15, -0.1) is 0 Å². The van der Waals surface area contributed by atoms with Gasteiger partial charge < -0.3 is 10.4 Å². The Labute approximate surface area is 130 Å². The van der Waals surface area contributed by atoms with Crippen molar-refractivity contribution in [2.24, 2.45) is 0 Å². The number of aliphatic hydroxyl groups is 1. The number of nitrogens with zero attached hydrogens (tertiary/aromatic N) is 4. The van der Waals surface area contributed by atoms with E-state index in [1.807, 2.05) is 31.2 Å². The van der Waals surface area contributed by atoms with Crippen LogP contribution in [0.25, 0.3) is 5.69 Å². The molecule has 6 nitrogen and oxygen atoms in total. The Hall–Kier alpha value is -1.95. The van der Waals surface area contributed by atoms with E-state index in [-0.39, 0.29) is 0 Å². The molecular formula is C16H23N5O. The van der Waals surface area contributed by atoms with Gasteiger partial charge in [0.15, 0.2) is 0 Å². The van der Waals surface area contributed by atoms with Crippen molar-refractivity contribution in [3.8, 4) is 5.69 Å². The summed E-state index contributed by atoms with van der Waals surface area (Å²) in [7, 11) is 0. The van der Waals surface area contributed by atoms with E-state index in [1.54, 1.807) is 4.68 Å². The molecule has 2 aromatic rings. The lowest BCUT2D eigenvalue weighted by molar-refractivity contribution is 0.0379. The first kappa shape index (κ1) is 15.0. The molecule has 1 fully saturated rings. The molecule has 0 unspecified atom stereocenters. The van der Waals surface area contributed by atoms with Crippen LogP contribution < -0.4 is 5.32 Å². The molecule has 1 aliphatic carbocycles. The molecule has 118 valence electrons. The molecule has 1 heterocycles. The van der Waals surface area contributed by atoms with Gasteiger partial charge in [0.25, 0.3) is 0 Å². The van der Waals surface area contributed by atoms with Crippen molar-refractivity contribution in [2.45, 2.75) is 51.0 Å². The number of anilines is 1. The highest BCUT2D eigenvalue weighted by Gasteiger charge is 2.28. The first-order chi connectivity index (χ1) is 10.7. The predicted molar refractivity (Wildman–Crippen MR) is 85.0 cm³/mol. The maximum atomic E-state index is 10.7. The van der Waals surface area contributed by atoms with Crippen LogP contribution in [-0.4, -0.2) is 37.5 Å². The molecule has 22 heavy (non-hydrogen) atoms. The van der Waals surface area contributed by atoms with E-state index >= 15 is 0 Å². The summed E-state index contributed by atoms with van der Waals surface area (Å²) in [6.07, 6.45) is 6.27. The zero-order valence-electron chi connectivity index (χ0n) is 13.0. The second-order valence-electron chi connectivity index (χ2n) is 6.24. The molecule has 2 N–H and O–H groups in total. The van der Waals surface area contributed by atoms with Crippen molar-refractivity contribution in [3.63, 3.8) is 0 Å². The molecule has 0 saturated heterocycles. The average Bonchev–Trinajstić information content (AvgIpc) is 2.88. The highest BCUT2D eigenvalue weighted by molar-refractivity contribution is 5.40. The van der Waals surface area contributed by atoms with Crippen molar-refractivity contribution < 1.29 is 5.11 Å². The molecule has 0 amide bonds. The number of aryl methyl sites for hydroxylation is 1. The van der Waals surface area contributed by atoms with Gasteiger partial charge in [-0.3, -0.25) is 0 Å². The van der Waals surface area contributed by atoms with Gasteiger partial charge in [-0.2, -0.15) is 4.68 Å². The molecule has 0 bridgehead atoms. The fourth-order valence-electron chi connectivity index (χ4n) is 2.96. The Morgan fingerprint density at radius 2 is 1.82 bits per heavy atom. The molecule has 0 spiro atoms. The minimum Gasteiger partial charge on any atom is -0.388 e. The minimum absolute atomic E-state index is 0.485. The number of hydrogen-bond donors (Lipinski definition) is 2. The van der Waals surface area contributed by atoms with Crippen LogP contribution >= 0.6 is 0 Å². The van der Waals surface area contributed by atoms with Gasteiger partial charge in [0, 0.05) is 6.54 Å². The summed E-state index contributed by atoms with van der Waals surface area (Å²) in [5.74, 6) is 0.571. The highest BCUT2D eigenvalue weighted by atomic mass is 16.3. The van der Waals surface area contributed by atoms with Crippen molar-refractivity contribution in [2.75, 3.05) is 11.9 Å². The van der Waals surface area contributed by atoms with E-state index in [2.05, 4.69) is 20.8 Å². The van der Waals surface area contributed by atoms with Gasteiger partial charge in [0.2, 0.25) is 5.95 Å². The first-order valence-electron chi connectivity index (χ1n) is 7.98. The third kappa shape index (κ3) is 3.44. The lowest BCUT2D eigenvalue weighted by Crippen LogP contribution is -2.36. The molecule has 0 atom stereocenters. The molecule has 1 saturated carbocycles. The van der Waals surface area contributed by atoms with Crippen molar-refractivity contribution >= 4 is 5.95 Å². The summed E-state index contributed by atoms with van der Waals surface area (Å²) in [6, 6.07) is 8.02. The van der Waals surface area contributed by atoms with Crippen LogP contribution in [0.3, 0.4) is 0 Å². The number of hydrogen-bond acceptors (Lipinski definition) is 5. The SMILES string of the molecule is Cc1ccc(-n2nnnc2NCC2(O)CCCCCC2)cc1. The number of rotatable bonds is 4. The van der Waals surface area contributed by atoms with Gasteiger partial charge in [-0.25, -0.2) is 0 Å². The van der Waals surface area contributed by atoms with E-state index in [9.17, 15) is 5.11 Å². The quantitative estimate of drug-likeness (QED) is 0.848. The Bertz CT molecular complexity index is 599. The summed E-state index contributed by atoms with van der Waals surface area (Å²) in [5.41, 5.74) is 1.45. The van der Waals surface area contributed by atoms with E-state index in [4.69, 9.17) is 0 Å². The molecular weight excluding hydrogens is 278 g/mol. The van der Waals surface area contributed by atoms with Crippen LogP contribution in [-0.2, 0) is 0 Å². The fraction of sp³-hybridized carbons (Fsp3) is 0.562. The van der Waals surface area contributed by atoms with Gasteiger partial charge in [-0.1, -0.05) is 48.5 Å². The summed E-state index contributed by atoms with van der Waals surface area (Å²) in [4.78, 5) is 0. The van der Waals surface area contributed by atoms with Crippen LogP contribution in [0.4, 0.5) is 5.95 Å². The molecule has 0 aliphatic heterocycles. The zero-order valence-corrected chi connectivity index (χ0v) is 13.0. The Morgan fingerprint density at radius 1 is 1.14 bits per heavy atom. The van der Waals surface area contributed by atoms with Crippen LogP contribution in [0, 0.1) is 6.92 Å². The van der Waals surface area contributed by atoms with Gasteiger partial charge >= 0.3 is 0 Å². The molecule has 6 heteroatoms. The van der Waals surface area contributed by atoms with Crippen molar-refractivity contribution in [1.29, 1.82) is 0 Å². The van der Waals surface area contributed by atoms with Gasteiger partial charge in [0.05, 0.1) is 11.3 Å². The summed E-state index contributed by atoms with van der Waals surface area (Å²) >= 11 is 0. The second-order valence-corrected chi connectivity index (χ2v) is 6.24. The van der Waals surface area contributed by atoms with Gasteiger partial charge in [0.1, 0.15) is 0 Å². The minimum atomic E-state index is -0.652. The van der Waals surface area contributed by atoms with E-state index in [0.29, 0.717) is 12.5 Å². The third-order valence-electron chi connectivity index (χ3n) is 4.36. The van der Waals surface area contributed by atoms with E-state index in [0.717, 1.165) is 31.4 Å². The number of benzene rings is 1. The molecule has 3 rings (SSSR count). The summed E-state index contributed by atoms with van der Waals surface area (Å²) in [5, 5.41) is 25.7. The molecule has 1 aromatic carbocycles. The van der Waals surface area contributed by atoms with E-state index < -0.39 is 5.60 Å². The average molecular weight is 301 g/mol. The van der Waals surface area contributed by atoms with Crippen LogP contribution in [0.2, 0.25) is 0 Å². The maximum absolute atomic E-state index is 10.7. The molecule has 0 radical (unpaired) electrons.